The summed E-state index contributed by atoms with van der Waals surface area (Å²) in [5, 5.41) is 0. The maximum atomic E-state index is 3.89. The van der Waals surface area contributed by atoms with Crippen molar-refractivity contribution in [1.82, 2.24) is 0 Å². The second-order valence-electron chi connectivity index (χ2n) is 2.63. The lowest BCUT2D eigenvalue weighted by Crippen LogP contribution is -1.99. The lowest BCUT2D eigenvalue weighted by atomic mass is 9.92. The van der Waals surface area contributed by atoms with Gasteiger partial charge in [0.15, 0.2) is 0 Å². The molecule has 0 spiro atoms. The van der Waals surface area contributed by atoms with Crippen molar-refractivity contribution in [2.24, 2.45) is 5.92 Å². The third-order valence-electron chi connectivity index (χ3n) is 1.67. The Labute approximate surface area is 62.3 Å². The van der Waals surface area contributed by atoms with E-state index in [0.29, 0.717) is 5.92 Å². The van der Waals surface area contributed by atoms with Crippen molar-refractivity contribution in [1.29, 1.82) is 0 Å². The van der Waals surface area contributed by atoms with Crippen LogP contribution in [0.2, 0.25) is 0 Å². The lowest BCUT2D eigenvalue weighted by molar-refractivity contribution is 0.647. The predicted octanol–water partition coefficient (Wildman–Crippen LogP) is 2.85. The Morgan fingerprint density at radius 3 is 3.10 bits per heavy atom. The summed E-state index contributed by atoms with van der Waals surface area (Å²) in [4.78, 5) is 0. The molecule has 0 bridgehead atoms. The first-order valence-electron chi connectivity index (χ1n) is 3.53. The summed E-state index contributed by atoms with van der Waals surface area (Å²) in [6.45, 7) is 7.44. The fourth-order valence-electron chi connectivity index (χ4n) is 1.19. The molecule has 1 rings (SSSR count). The van der Waals surface area contributed by atoms with Gasteiger partial charge in [-0.15, -0.1) is 5.73 Å². The zero-order chi connectivity index (χ0) is 7.40. The first-order chi connectivity index (χ1) is 4.83. The van der Waals surface area contributed by atoms with Gasteiger partial charge < -0.3 is 0 Å². The van der Waals surface area contributed by atoms with Gasteiger partial charge in [-0.2, -0.15) is 0 Å². The van der Waals surface area contributed by atoms with Crippen LogP contribution in [0.5, 0.6) is 0 Å². The van der Waals surface area contributed by atoms with Gasteiger partial charge in [0.05, 0.1) is 0 Å². The van der Waals surface area contributed by atoms with Crippen LogP contribution >= 0.6 is 0 Å². The van der Waals surface area contributed by atoms with Crippen LogP contribution < -0.4 is 0 Å². The van der Waals surface area contributed by atoms with Gasteiger partial charge in [0.2, 0.25) is 0 Å². The van der Waals surface area contributed by atoms with Gasteiger partial charge in [-0.1, -0.05) is 30.9 Å². The molecule has 0 nitrogen and oxygen atoms in total. The van der Waals surface area contributed by atoms with Crippen LogP contribution in [0.1, 0.15) is 12.8 Å². The molecule has 10 heavy (non-hydrogen) atoms. The Kier molecular flexibility index (Phi) is 2.30. The summed E-state index contributed by atoms with van der Waals surface area (Å²) in [6.07, 6.45) is 8.45. The highest BCUT2D eigenvalue weighted by atomic mass is 14.1. The van der Waals surface area contributed by atoms with Crippen LogP contribution in [0.25, 0.3) is 0 Å². The first-order valence-corrected chi connectivity index (χ1v) is 3.53. The average Bonchev–Trinajstić information content (AvgIpc) is 1.88. The van der Waals surface area contributed by atoms with E-state index in [-0.39, 0.29) is 0 Å². The number of rotatable bonds is 1. The molecule has 0 amide bonds. The number of hydrogen-bond acceptors (Lipinski definition) is 0. The molecule has 1 atom stereocenters. The zero-order valence-corrected chi connectivity index (χ0v) is 6.14. The summed E-state index contributed by atoms with van der Waals surface area (Å²) < 4.78 is 0. The van der Waals surface area contributed by atoms with Gasteiger partial charge in [0.25, 0.3) is 0 Å². The van der Waals surface area contributed by atoms with Gasteiger partial charge in [0.1, 0.15) is 0 Å². The van der Waals surface area contributed by atoms with E-state index in [1.165, 1.54) is 5.57 Å². The van der Waals surface area contributed by atoms with E-state index >= 15 is 0 Å². The maximum absolute atomic E-state index is 3.89. The molecule has 0 radical (unpaired) electrons. The Morgan fingerprint density at radius 2 is 2.50 bits per heavy atom. The SMILES string of the molecule is C=C=CC1CC=CC(=C)C1. The molecule has 0 heterocycles. The van der Waals surface area contributed by atoms with E-state index in [1.54, 1.807) is 0 Å². The molecular formula is C10H12. The van der Waals surface area contributed by atoms with Gasteiger partial charge in [0, 0.05) is 0 Å². The average molecular weight is 132 g/mol. The molecule has 1 aliphatic carbocycles. The molecule has 0 saturated heterocycles. The maximum Gasteiger partial charge on any atom is -0.00827 e. The molecule has 0 aromatic rings. The van der Waals surface area contributed by atoms with Crippen LogP contribution in [0, 0.1) is 5.92 Å². The van der Waals surface area contributed by atoms with Crippen LogP contribution in [0.4, 0.5) is 0 Å². The topological polar surface area (TPSA) is 0 Å². The van der Waals surface area contributed by atoms with Crippen LogP contribution in [0.15, 0.2) is 42.7 Å². The van der Waals surface area contributed by atoms with Crippen molar-refractivity contribution >= 4 is 0 Å². The highest BCUT2D eigenvalue weighted by Gasteiger charge is 2.07. The third kappa shape index (κ3) is 1.75. The van der Waals surface area contributed by atoms with Crippen molar-refractivity contribution < 1.29 is 0 Å². The van der Waals surface area contributed by atoms with E-state index in [2.05, 4.69) is 31.0 Å². The number of hydrogen-bond donors (Lipinski definition) is 0. The highest BCUT2D eigenvalue weighted by molar-refractivity contribution is 5.20. The molecule has 0 aliphatic heterocycles. The summed E-state index contributed by atoms with van der Waals surface area (Å²) in [5.41, 5.74) is 4.02. The Balaban J connectivity index is 2.60. The summed E-state index contributed by atoms with van der Waals surface area (Å²) in [7, 11) is 0. The van der Waals surface area contributed by atoms with Crippen LogP contribution in [-0.2, 0) is 0 Å². The minimum absolute atomic E-state index is 0.593. The first kappa shape index (κ1) is 7.11. The molecular weight excluding hydrogens is 120 g/mol. The Hall–Kier alpha value is -1.00. The second kappa shape index (κ2) is 3.24. The third-order valence-corrected chi connectivity index (χ3v) is 1.67. The Bertz CT molecular complexity index is 202. The molecule has 0 heteroatoms. The van der Waals surface area contributed by atoms with Crippen LogP contribution in [-0.4, -0.2) is 0 Å². The highest BCUT2D eigenvalue weighted by Crippen LogP contribution is 2.21. The molecule has 0 fully saturated rings. The predicted molar refractivity (Wildman–Crippen MR) is 44.7 cm³/mol. The minimum Gasteiger partial charge on any atom is -0.133 e. The Morgan fingerprint density at radius 1 is 1.70 bits per heavy atom. The fourth-order valence-corrected chi connectivity index (χ4v) is 1.19. The monoisotopic (exact) mass is 132 g/mol. The standard InChI is InChI=1S/C10H12/c1-3-5-10-7-4-6-9(2)8-10/h4-6,10H,1-2,7-8H2. The molecule has 52 valence electrons. The van der Waals surface area contributed by atoms with Crippen molar-refractivity contribution in [2.75, 3.05) is 0 Å². The minimum atomic E-state index is 0.593. The van der Waals surface area contributed by atoms with Crippen molar-refractivity contribution in [3.05, 3.63) is 42.7 Å². The zero-order valence-electron chi connectivity index (χ0n) is 6.14. The van der Waals surface area contributed by atoms with E-state index in [1.807, 2.05) is 6.08 Å². The van der Waals surface area contributed by atoms with Gasteiger partial charge >= 0.3 is 0 Å². The van der Waals surface area contributed by atoms with Gasteiger partial charge in [-0.3, -0.25) is 0 Å². The molecule has 0 N–H and O–H groups in total. The smallest absolute Gasteiger partial charge is 0.00827 e. The summed E-state index contributed by atoms with van der Waals surface area (Å²) >= 11 is 0. The van der Waals surface area contributed by atoms with E-state index in [0.717, 1.165) is 12.8 Å². The summed E-state index contributed by atoms with van der Waals surface area (Å²) in [6, 6.07) is 0. The van der Waals surface area contributed by atoms with E-state index < -0.39 is 0 Å². The molecule has 1 unspecified atom stereocenters. The second-order valence-corrected chi connectivity index (χ2v) is 2.63. The van der Waals surface area contributed by atoms with Crippen molar-refractivity contribution in [3.8, 4) is 0 Å². The molecule has 1 aliphatic rings. The molecule has 0 aromatic heterocycles. The fraction of sp³-hybridized carbons (Fsp3) is 0.300. The van der Waals surface area contributed by atoms with E-state index in [4.69, 9.17) is 0 Å². The van der Waals surface area contributed by atoms with Gasteiger partial charge in [-0.25, -0.2) is 0 Å². The van der Waals surface area contributed by atoms with Crippen molar-refractivity contribution in [3.63, 3.8) is 0 Å². The normalized spacial score (nSPS) is 24.0. The van der Waals surface area contributed by atoms with Gasteiger partial charge in [-0.05, 0) is 24.8 Å². The van der Waals surface area contributed by atoms with E-state index in [9.17, 15) is 0 Å². The molecule has 0 aromatic carbocycles. The summed E-state index contributed by atoms with van der Waals surface area (Å²) in [5.74, 6) is 0.593. The lowest BCUT2D eigenvalue weighted by Gasteiger charge is -2.13. The largest absolute Gasteiger partial charge is 0.133 e. The molecule has 0 saturated carbocycles. The number of allylic oxidation sites excluding steroid dienone is 4. The van der Waals surface area contributed by atoms with Crippen LogP contribution in [0.3, 0.4) is 0 Å². The van der Waals surface area contributed by atoms with Crippen molar-refractivity contribution in [2.45, 2.75) is 12.8 Å². The quantitative estimate of drug-likeness (QED) is 0.481.